The third kappa shape index (κ3) is 3.56. The molecule has 0 spiro atoms. The standard InChI is InChI=1S/C19H22N4O3/c1-13-3-2-6-23(11-13)19-21-9-15(10-22-19)18(24)20-8-14-4-5-16-17(7-14)26-12-25-16/h4-5,7,9-10,13H,2-3,6,8,11-12H2,1H3,(H,20,24). The summed E-state index contributed by atoms with van der Waals surface area (Å²) in [6.45, 7) is 4.82. The van der Waals surface area contributed by atoms with Crippen molar-refractivity contribution in [2.75, 3.05) is 24.8 Å². The van der Waals surface area contributed by atoms with Crippen LogP contribution in [0.15, 0.2) is 30.6 Å². The zero-order valence-electron chi connectivity index (χ0n) is 14.8. The third-order valence-electron chi connectivity index (χ3n) is 4.73. The highest BCUT2D eigenvalue weighted by Crippen LogP contribution is 2.32. The molecular formula is C19H22N4O3. The lowest BCUT2D eigenvalue weighted by Crippen LogP contribution is -2.35. The zero-order valence-corrected chi connectivity index (χ0v) is 14.8. The van der Waals surface area contributed by atoms with Crippen LogP contribution in [0.25, 0.3) is 0 Å². The van der Waals surface area contributed by atoms with Gasteiger partial charge in [0.1, 0.15) is 0 Å². The minimum atomic E-state index is -0.193. The summed E-state index contributed by atoms with van der Waals surface area (Å²) in [6.07, 6.45) is 5.59. The minimum absolute atomic E-state index is 0.193. The van der Waals surface area contributed by atoms with E-state index in [-0.39, 0.29) is 12.7 Å². The van der Waals surface area contributed by atoms with E-state index in [1.54, 1.807) is 12.4 Å². The number of piperidine rings is 1. The summed E-state index contributed by atoms with van der Waals surface area (Å²) in [5.41, 5.74) is 1.40. The fourth-order valence-corrected chi connectivity index (χ4v) is 3.31. The van der Waals surface area contributed by atoms with Gasteiger partial charge in [0.25, 0.3) is 5.91 Å². The molecule has 2 aliphatic rings. The molecule has 7 heteroatoms. The predicted molar refractivity (Wildman–Crippen MR) is 96.4 cm³/mol. The van der Waals surface area contributed by atoms with Crippen molar-refractivity contribution in [2.45, 2.75) is 26.3 Å². The summed E-state index contributed by atoms with van der Waals surface area (Å²) in [6, 6.07) is 5.63. The van der Waals surface area contributed by atoms with Crippen molar-refractivity contribution in [3.8, 4) is 11.5 Å². The average Bonchev–Trinajstić information content (AvgIpc) is 3.14. The van der Waals surface area contributed by atoms with Crippen LogP contribution >= 0.6 is 0 Å². The molecule has 0 radical (unpaired) electrons. The first-order chi connectivity index (χ1) is 12.7. The van der Waals surface area contributed by atoms with Gasteiger partial charge in [0.2, 0.25) is 12.7 Å². The molecule has 1 amide bonds. The van der Waals surface area contributed by atoms with Crippen LogP contribution in [-0.4, -0.2) is 35.8 Å². The Morgan fingerprint density at radius 2 is 2.08 bits per heavy atom. The number of amides is 1. The topological polar surface area (TPSA) is 76.6 Å². The van der Waals surface area contributed by atoms with Crippen LogP contribution in [0.2, 0.25) is 0 Å². The Balaban J connectivity index is 1.36. The van der Waals surface area contributed by atoms with Gasteiger partial charge in [-0.15, -0.1) is 0 Å². The highest BCUT2D eigenvalue weighted by molar-refractivity contribution is 5.93. The maximum atomic E-state index is 12.3. The maximum Gasteiger partial charge on any atom is 0.254 e. The second-order valence-electron chi connectivity index (χ2n) is 6.84. The number of hydrogen-bond acceptors (Lipinski definition) is 6. The maximum absolute atomic E-state index is 12.3. The lowest BCUT2D eigenvalue weighted by atomic mass is 10.0. The molecule has 0 bridgehead atoms. The lowest BCUT2D eigenvalue weighted by Gasteiger charge is -2.30. The molecule has 1 aromatic carbocycles. The number of anilines is 1. The summed E-state index contributed by atoms with van der Waals surface area (Å²) >= 11 is 0. The fraction of sp³-hybridized carbons (Fsp3) is 0.421. The molecule has 1 saturated heterocycles. The number of fused-ring (bicyclic) bond motifs is 1. The van der Waals surface area contributed by atoms with Gasteiger partial charge in [-0.25, -0.2) is 9.97 Å². The van der Waals surface area contributed by atoms with Crippen molar-refractivity contribution in [2.24, 2.45) is 5.92 Å². The molecule has 0 saturated carbocycles. The first-order valence-electron chi connectivity index (χ1n) is 8.93. The molecule has 2 aliphatic heterocycles. The highest BCUT2D eigenvalue weighted by Gasteiger charge is 2.19. The van der Waals surface area contributed by atoms with Crippen LogP contribution in [0, 0.1) is 5.92 Å². The van der Waals surface area contributed by atoms with Crippen molar-refractivity contribution in [3.05, 3.63) is 41.7 Å². The molecular weight excluding hydrogens is 332 g/mol. The predicted octanol–water partition coefficient (Wildman–Crippen LogP) is 2.37. The van der Waals surface area contributed by atoms with Crippen molar-refractivity contribution in [1.29, 1.82) is 0 Å². The Hall–Kier alpha value is -2.83. The number of ether oxygens (including phenoxy) is 2. The Morgan fingerprint density at radius 1 is 1.27 bits per heavy atom. The molecule has 1 fully saturated rings. The van der Waals surface area contributed by atoms with Gasteiger partial charge < -0.3 is 19.7 Å². The SMILES string of the molecule is CC1CCCN(c2ncc(C(=O)NCc3ccc4c(c3)OCO4)cn2)C1. The number of carbonyl (C=O) groups is 1. The first kappa shape index (κ1) is 16.6. The van der Waals surface area contributed by atoms with Gasteiger partial charge >= 0.3 is 0 Å². The minimum Gasteiger partial charge on any atom is -0.454 e. The van der Waals surface area contributed by atoms with Gasteiger partial charge in [0, 0.05) is 32.0 Å². The summed E-state index contributed by atoms with van der Waals surface area (Å²) in [5, 5.41) is 2.88. The van der Waals surface area contributed by atoms with Gasteiger partial charge in [0.05, 0.1) is 5.56 Å². The Bertz CT molecular complexity index is 794. The largest absolute Gasteiger partial charge is 0.454 e. The van der Waals surface area contributed by atoms with Gasteiger partial charge in [0.15, 0.2) is 11.5 Å². The number of hydrogen-bond donors (Lipinski definition) is 1. The molecule has 2 aromatic rings. The molecule has 4 rings (SSSR count). The molecule has 1 unspecified atom stereocenters. The van der Waals surface area contributed by atoms with Crippen LogP contribution in [0.1, 0.15) is 35.7 Å². The van der Waals surface area contributed by atoms with Crippen LogP contribution in [0.4, 0.5) is 5.95 Å². The molecule has 0 aliphatic carbocycles. The average molecular weight is 354 g/mol. The van der Waals surface area contributed by atoms with Crippen LogP contribution in [-0.2, 0) is 6.54 Å². The van der Waals surface area contributed by atoms with Crippen molar-refractivity contribution >= 4 is 11.9 Å². The van der Waals surface area contributed by atoms with E-state index in [2.05, 4.69) is 27.1 Å². The Morgan fingerprint density at radius 3 is 2.88 bits per heavy atom. The van der Waals surface area contributed by atoms with Crippen molar-refractivity contribution in [3.63, 3.8) is 0 Å². The summed E-state index contributed by atoms with van der Waals surface area (Å²) in [4.78, 5) is 23.3. The van der Waals surface area contributed by atoms with E-state index in [1.165, 1.54) is 6.42 Å². The van der Waals surface area contributed by atoms with Crippen molar-refractivity contribution < 1.29 is 14.3 Å². The Labute approximate surface area is 152 Å². The number of nitrogens with one attached hydrogen (secondary N) is 1. The second kappa shape index (κ2) is 7.19. The quantitative estimate of drug-likeness (QED) is 0.908. The van der Waals surface area contributed by atoms with Gasteiger partial charge in [-0.05, 0) is 36.5 Å². The first-order valence-corrected chi connectivity index (χ1v) is 8.93. The van der Waals surface area contributed by atoms with Gasteiger partial charge in [-0.1, -0.05) is 13.0 Å². The fourth-order valence-electron chi connectivity index (χ4n) is 3.31. The number of benzene rings is 1. The monoisotopic (exact) mass is 354 g/mol. The third-order valence-corrected chi connectivity index (χ3v) is 4.73. The lowest BCUT2D eigenvalue weighted by molar-refractivity contribution is 0.0950. The van der Waals surface area contributed by atoms with E-state index in [0.717, 1.165) is 30.8 Å². The smallest absolute Gasteiger partial charge is 0.254 e. The van der Waals surface area contributed by atoms with Crippen LogP contribution in [0.5, 0.6) is 11.5 Å². The van der Waals surface area contributed by atoms with E-state index in [4.69, 9.17) is 9.47 Å². The van der Waals surface area contributed by atoms with Crippen LogP contribution < -0.4 is 19.7 Å². The van der Waals surface area contributed by atoms with E-state index in [9.17, 15) is 4.79 Å². The number of nitrogens with zero attached hydrogens (tertiary/aromatic N) is 3. The summed E-state index contributed by atoms with van der Waals surface area (Å²) < 4.78 is 10.6. The van der Waals surface area contributed by atoms with Gasteiger partial charge in [-0.3, -0.25) is 4.79 Å². The number of aromatic nitrogens is 2. The molecule has 7 nitrogen and oxygen atoms in total. The molecule has 1 atom stereocenters. The Kier molecular flexibility index (Phi) is 4.60. The van der Waals surface area contributed by atoms with E-state index < -0.39 is 0 Å². The van der Waals surface area contributed by atoms with Gasteiger partial charge in [-0.2, -0.15) is 0 Å². The van der Waals surface area contributed by atoms with Crippen LogP contribution in [0.3, 0.4) is 0 Å². The number of carbonyl (C=O) groups excluding carboxylic acids is 1. The molecule has 1 aromatic heterocycles. The zero-order chi connectivity index (χ0) is 17.9. The van der Waals surface area contributed by atoms with E-state index >= 15 is 0 Å². The van der Waals surface area contributed by atoms with E-state index in [1.807, 2.05) is 18.2 Å². The normalized spacial score (nSPS) is 18.7. The summed E-state index contributed by atoms with van der Waals surface area (Å²) in [5.74, 6) is 2.60. The molecule has 136 valence electrons. The highest BCUT2D eigenvalue weighted by atomic mass is 16.7. The second-order valence-corrected chi connectivity index (χ2v) is 6.84. The summed E-state index contributed by atoms with van der Waals surface area (Å²) in [7, 11) is 0. The molecule has 3 heterocycles. The van der Waals surface area contributed by atoms with E-state index in [0.29, 0.717) is 29.7 Å². The molecule has 1 N–H and O–H groups in total. The van der Waals surface area contributed by atoms with Crippen molar-refractivity contribution in [1.82, 2.24) is 15.3 Å². The number of rotatable bonds is 4. The molecule has 26 heavy (non-hydrogen) atoms.